The van der Waals surface area contributed by atoms with Crippen molar-refractivity contribution in [1.29, 1.82) is 0 Å². The SMILES string of the molecule is Cc1cccc(-c2ncc(C(=O)NC(C)c3ccccc3)c(N(C)C)n2)c1. The van der Waals surface area contributed by atoms with Crippen molar-refractivity contribution >= 4 is 11.7 Å². The minimum atomic E-state index is -0.189. The van der Waals surface area contributed by atoms with Crippen LogP contribution >= 0.6 is 0 Å². The first-order chi connectivity index (χ1) is 13.0. The third-order valence-corrected chi connectivity index (χ3v) is 4.36. The Kier molecular flexibility index (Phi) is 5.50. The fourth-order valence-corrected chi connectivity index (χ4v) is 2.90. The molecule has 0 radical (unpaired) electrons. The normalized spacial score (nSPS) is 11.7. The van der Waals surface area contributed by atoms with Crippen LogP contribution in [0.4, 0.5) is 5.82 Å². The Hall–Kier alpha value is -3.21. The lowest BCUT2D eigenvalue weighted by atomic mass is 10.1. The summed E-state index contributed by atoms with van der Waals surface area (Å²) in [7, 11) is 3.75. The maximum Gasteiger partial charge on any atom is 0.257 e. The van der Waals surface area contributed by atoms with Gasteiger partial charge in [-0.2, -0.15) is 0 Å². The molecule has 0 aliphatic heterocycles. The number of aryl methyl sites for hydroxylation is 1. The van der Waals surface area contributed by atoms with Crippen molar-refractivity contribution in [3.8, 4) is 11.4 Å². The number of hydrogen-bond acceptors (Lipinski definition) is 4. The van der Waals surface area contributed by atoms with E-state index < -0.39 is 0 Å². The molecule has 0 bridgehead atoms. The van der Waals surface area contributed by atoms with Crippen molar-refractivity contribution in [2.24, 2.45) is 0 Å². The van der Waals surface area contributed by atoms with Gasteiger partial charge in [0, 0.05) is 25.9 Å². The highest BCUT2D eigenvalue weighted by Gasteiger charge is 2.19. The Morgan fingerprint density at radius 2 is 1.81 bits per heavy atom. The molecule has 2 aromatic carbocycles. The third kappa shape index (κ3) is 4.31. The average molecular weight is 360 g/mol. The maximum absolute atomic E-state index is 12.8. The highest BCUT2D eigenvalue weighted by molar-refractivity contribution is 5.99. The Morgan fingerprint density at radius 1 is 1.07 bits per heavy atom. The van der Waals surface area contributed by atoms with Crippen LogP contribution in [0.5, 0.6) is 0 Å². The van der Waals surface area contributed by atoms with Crippen molar-refractivity contribution in [2.75, 3.05) is 19.0 Å². The zero-order valence-corrected chi connectivity index (χ0v) is 16.1. The van der Waals surface area contributed by atoms with Gasteiger partial charge in [-0.3, -0.25) is 4.79 Å². The van der Waals surface area contributed by atoms with E-state index in [0.29, 0.717) is 17.2 Å². The van der Waals surface area contributed by atoms with E-state index in [1.54, 1.807) is 6.20 Å². The van der Waals surface area contributed by atoms with E-state index in [1.807, 2.05) is 87.4 Å². The van der Waals surface area contributed by atoms with Gasteiger partial charge in [-0.05, 0) is 25.5 Å². The van der Waals surface area contributed by atoms with Gasteiger partial charge in [-0.25, -0.2) is 9.97 Å². The summed E-state index contributed by atoms with van der Waals surface area (Å²) in [4.78, 5) is 23.7. The van der Waals surface area contributed by atoms with Gasteiger partial charge in [0.2, 0.25) is 0 Å². The van der Waals surface area contributed by atoms with Crippen LogP contribution in [0.3, 0.4) is 0 Å². The third-order valence-electron chi connectivity index (χ3n) is 4.36. The number of anilines is 1. The van der Waals surface area contributed by atoms with Gasteiger partial charge in [0.25, 0.3) is 5.91 Å². The van der Waals surface area contributed by atoms with Gasteiger partial charge in [0.15, 0.2) is 5.82 Å². The fourth-order valence-electron chi connectivity index (χ4n) is 2.90. The first-order valence-electron chi connectivity index (χ1n) is 8.93. The first-order valence-corrected chi connectivity index (χ1v) is 8.93. The molecule has 3 rings (SSSR count). The van der Waals surface area contributed by atoms with E-state index in [1.165, 1.54) is 0 Å². The number of benzene rings is 2. The predicted molar refractivity (Wildman–Crippen MR) is 109 cm³/mol. The molecule has 0 saturated carbocycles. The first kappa shape index (κ1) is 18.6. The van der Waals surface area contributed by atoms with Gasteiger partial charge < -0.3 is 10.2 Å². The highest BCUT2D eigenvalue weighted by Crippen LogP contribution is 2.22. The Bertz CT molecular complexity index is 938. The number of hydrogen-bond donors (Lipinski definition) is 1. The number of carbonyl (C=O) groups is 1. The largest absolute Gasteiger partial charge is 0.362 e. The molecule has 0 aliphatic carbocycles. The maximum atomic E-state index is 12.8. The van der Waals surface area contributed by atoms with Crippen LogP contribution in [-0.2, 0) is 0 Å². The molecule has 0 spiro atoms. The molecule has 5 nitrogen and oxygen atoms in total. The molecule has 5 heteroatoms. The molecule has 1 amide bonds. The minimum Gasteiger partial charge on any atom is -0.362 e. The molecule has 3 aromatic rings. The zero-order chi connectivity index (χ0) is 19.4. The van der Waals surface area contributed by atoms with Crippen molar-refractivity contribution < 1.29 is 4.79 Å². The second-order valence-electron chi connectivity index (χ2n) is 6.80. The minimum absolute atomic E-state index is 0.106. The Balaban J connectivity index is 1.89. The number of carbonyl (C=O) groups excluding carboxylic acids is 1. The summed E-state index contributed by atoms with van der Waals surface area (Å²) < 4.78 is 0. The van der Waals surface area contributed by atoms with Crippen LogP contribution in [0, 0.1) is 6.92 Å². The van der Waals surface area contributed by atoms with Crippen LogP contribution in [0.25, 0.3) is 11.4 Å². The monoisotopic (exact) mass is 360 g/mol. The van der Waals surface area contributed by atoms with Crippen LogP contribution in [0.1, 0.15) is 34.5 Å². The standard InChI is InChI=1S/C22H24N4O/c1-15-9-8-12-18(13-15)20-23-14-19(21(25-20)26(3)4)22(27)24-16(2)17-10-6-5-7-11-17/h5-14,16H,1-4H3,(H,24,27). The van der Waals surface area contributed by atoms with Gasteiger partial charge >= 0.3 is 0 Å². The van der Waals surface area contributed by atoms with E-state index in [-0.39, 0.29) is 11.9 Å². The predicted octanol–water partition coefficient (Wildman–Crippen LogP) is 4.01. The molecule has 0 saturated heterocycles. The van der Waals surface area contributed by atoms with E-state index in [9.17, 15) is 4.79 Å². The smallest absolute Gasteiger partial charge is 0.257 e. The molecular formula is C22H24N4O. The van der Waals surface area contributed by atoms with Crippen molar-refractivity contribution in [3.05, 3.63) is 77.5 Å². The summed E-state index contributed by atoms with van der Waals surface area (Å²) in [5.74, 6) is 1.01. The average Bonchev–Trinajstić information content (AvgIpc) is 2.68. The molecule has 1 N–H and O–H groups in total. The van der Waals surface area contributed by atoms with Gasteiger partial charge in [-0.15, -0.1) is 0 Å². The van der Waals surface area contributed by atoms with E-state index in [4.69, 9.17) is 0 Å². The quantitative estimate of drug-likeness (QED) is 0.747. The Morgan fingerprint density at radius 3 is 2.48 bits per heavy atom. The number of aromatic nitrogens is 2. The summed E-state index contributed by atoms with van der Waals surface area (Å²) in [5.41, 5.74) is 3.58. The second kappa shape index (κ2) is 7.99. The summed E-state index contributed by atoms with van der Waals surface area (Å²) in [6.45, 7) is 3.99. The molecule has 1 aromatic heterocycles. The van der Waals surface area contributed by atoms with Crippen molar-refractivity contribution in [1.82, 2.24) is 15.3 Å². The molecule has 138 valence electrons. The number of nitrogens with one attached hydrogen (secondary N) is 1. The lowest BCUT2D eigenvalue weighted by Crippen LogP contribution is -2.29. The van der Waals surface area contributed by atoms with Crippen molar-refractivity contribution in [2.45, 2.75) is 19.9 Å². The van der Waals surface area contributed by atoms with Crippen LogP contribution in [0.2, 0.25) is 0 Å². The zero-order valence-electron chi connectivity index (χ0n) is 16.1. The lowest BCUT2D eigenvalue weighted by molar-refractivity contribution is 0.0940. The van der Waals surface area contributed by atoms with Gasteiger partial charge in [0.05, 0.1) is 6.04 Å². The van der Waals surface area contributed by atoms with E-state index in [0.717, 1.165) is 16.7 Å². The molecule has 0 fully saturated rings. The van der Waals surface area contributed by atoms with Crippen molar-refractivity contribution in [3.63, 3.8) is 0 Å². The van der Waals surface area contributed by atoms with E-state index in [2.05, 4.69) is 15.3 Å². The highest BCUT2D eigenvalue weighted by atomic mass is 16.1. The number of nitrogens with zero attached hydrogens (tertiary/aromatic N) is 3. The summed E-state index contributed by atoms with van der Waals surface area (Å²) in [6, 6.07) is 17.8. The molecule has 1 heterocycles. The summed E-state index contributed by atoms with van der Waals surface area (Å²) in [5, 5.41) is 3.03. The molecule has 27 heavy (non-hydrogen) atoms. The van der Waals surface area contributed by atoms with Gasteiger partial charge in [0.1, 0.15) is 11.4 Å². The fraction of sp³-hybridized carbons (Fsp3) is 0.227. The lowest BCUT2D eigenvalue weighted by Gasteiger charge is -2.19. The second-order valence-corrected chi connectivity index (χ2v) is 6.80. The topological polar surface area (TPSA) is 58.1 Å². The number of rotatable bonds is 5. The Labute approximate surface area is 160 Å². The van der Waals surface area contributed by atoms with E-state index >= 15 is 0 Å². The number of amides is 1. The summed E-state index contributed by atoms with van der Waals surface area (Å²) >= 11 is 0. The van der Waals surface area contributed by atoms with Crippen LogP contribution in [-0.4, -0.2) is 30.0 Å². The van der Waals surface area contributed by atoms with Crippen LogP contribution in [0.15, 0.2) is 60.8 Å². The molecule has 0 aliphatic rings. The molecule has 1 atom stereocenters. The molecule has 1 unspecified atom stereocenters. The van der Waals surface area contributed by atoms with Crippen LogP contribution < -0.4 is 10.2 Å². The summed E-state index contributed by atoms with van der Waals surface area (Å²) in [6.07, 6.45) is 1.60. The molecular weight excluding hydrogens is 336 g/mol. The van der Waals surface area contributed by atoms with Gasteiger partial charge in [-0.1, -0.05) is 54.1 Å².